The molecule has 4 fully saturated rings. The Morgan fingerprint density at radius 2 is 0.871 bits per heavy atom. The van der Waals surface area contributed by atoms with E-state index in [0.717, 1.165) is 50.8 Å². The fraction of sp³-hybridized carbons (Fsp3) is 0.169. The summed E-state index contributed by atoms with van der Waals surface area (Å²) in [5.74, 6) is 5.16. The van der Waals surface area contributed by atoms with Crippen molar-refractivity contribution in [2.24, 2.45) is 23.7 Å². The Morgan fingerprint density at radius 1 is 0.339 bits per heavy atom. The Bertz CT molecular complexity index is 3180. The molecule has 0 radical (unpaired) electrons. The monoisotopic (exact) mass is 795 g/mol. The normalized spacial score (nSPS) is 21.6. The molecule has 1 heterocycles. The van der Waals surface area contributed by atoms with Crippen LogP contribution in [-0.4, -0.2) is 15.0 Å². The van der Waals surface area contributed by atoms with Gasteiger partial charge in [0.2, 0.25) is 0 Å². The second-order valence-corrected chi connectivity index (χ2v) is 18.4. The van der Waals surface area contributed by atoms with Crippen LogP contribution in [0.4, 0.5) is 0 Å². The molecule has 14 rings (SSSR count). The average molecular weight is 796 g/mol. The predicted octanol–water partition coefficient (Wildman–Crippen LogP) is 14.7. The molecule has 3 nitrogen and oxygen atoms in total. The maximum absolute atomic E-state index is 5.24. The van der Waals surface area contributed by atoms with E-state index in [0.29, 0.717) is 29.3 Å². The van der Waals surface area contributed by atoms with Gasteiger partial charge in [-0.3, -0.25) is 0 Å². The van der Waals surface area contributed by atoms with E-state index in [9.17, 15) is 0 Å². The predicted molar refractivity (Wildman–Crippen MR) is 253 cm³/mol. The molecule has 0 aliphatic heterocycles. The molecule has 8 aromatic carbocycles. The lowest BCUT2D eigenvalue weighted by Crippen LogP contribution is -2.55. The summed E-state index contributed by atoms with van der Waals surface area (Å²) in [7, 11) is 0. The van der Waals surface area contributed by atoms with E-state index in [2.05, 4.69) is 170 Å². The van der Waals surface area contributed by atoms with Crippen LogP contribution in [0.2, 0.25) is 0 Å². The summed E-state index contributed by atoms with van der Waals surface area (Å²) in [6, 6.07) is 68.4. The molecule has 1 aromatic heterocycles. The van der Waals surface area contributed by atoms with E-state index in [1.54, 1.807) is 11.1 Å². The topological polar surface area (TPSA) is 38.7 Å². The van der Waals surface area contributed by atoms with E-state index in [1.165, 1.54) is 65.1 Å². The zero-order valence-electron chi connectivity index (χ0n) is 34.6. The first-order valence-corrected chi connectivity index (χ1v) is 22.5. The number of hydrogen-bond donors (Lipinski definition) is 0. The summed E-state index contributed by atoms with van der Waals surface area (Å²) in [6.07, 6.45) is 6.93. The first kappa shape index (κ1) is 35.8. The largest absolute Gasteiger partial charge is 0.208 e. The van der Waals surface area contributed by atoms with Gasteiger partial charge in [-0.15, -0.1) is 0 Å². The van der Waals surface area contributed by atoms with Crippen molar-refractivity contribution in [2.45, 2.75) is 37.5 Å². The average Bonchev–Trinajstić information content (AvgIpc) is 3.64. The molecule has 3 heteroatoms. The maximum Gasteiger partial charge on any atom is 0.164 e. The fourth-order valence-corrected chi connectivity index (χ4v) is 12.8. The second kappa shape index (κ2) is 14.0. The van der Waals surface area contributed by atoms with Crippen LogP contribution in [0.25, 0.3) is 89.4 Å². The molecule has 62 heavy (non-hydrogen) atoms. The van der Waals surface area contributed by atoms with Gasteiger partial charge in [-0.25, -0.2) is 15.0 Å². The summed E-state index contributed by atoms with van der Waals surface area (Å²) in [4.78, 5) is 15.5. The molecule has 0 unspecified atom stereocenters. The zero-order valence-corrected chi connectivity index (χ0v) is 34.6. The molecule has 4 saturated carbocycles. The lowest BCUT2D eigenvalue weighted by Gasteiger charge is -2.61. The van der Waals surface area contributed by atoms with Crippen LogP contribution >= 0.6 is 0 Å². The van der Waals surface area contributed by atoms with Crippen molar-refractivity contribution in [1.82, 2.24) is 15.0 Å². The molecule has 5 aliphatic rings. The molecule has 0 atom stereocenters. The van der Waals surface area contributed by atoms with Gasteiger partial charge in [-0.05, 0) is 140 Å². The highest BCUT2D eigenvalue weighted by Crippen LogP contribution is 2.70. The number of fused-ring (bicyclic) bond motifs is 5. The van der Waals surface area contributed by atoms with Gasteiger partial charge in [-0.2, -0.15) is 0 Å². The zero-order chi connectivity index (χ0) is 40.8. The van der Waals surface area contributed by atoms with Gasteiger partial charge in [-0.1, -0.05) is 170 Å². The third kappa shape index (κ3) is 5.54. The van der Waals surface area contributed by atoms with E-state index in [4.69, 9.17) is 15.0 Å². The van der Waals surface area contributed by atoms with Gasteiger partial charge < -0.3 is 0 Å². The van der Waals surface area contributed by atoms with Crippen LogP contribution in [0.3, 0.4) is 0 Å². The van der Waals surface area contributed by atoms with Gasteiger partial charge >= 0.3 is 0 Å². The summed E-state index contributed by atoms with van der Waals surface area (Å²) < 4.78 is 0. The summed E-state index contributed by atoms with van der Waals surface area (Å²) in [5.41, 5.74) is 16.2. The lowest BCUT2D eigenvalue weighted by atomic mass is 9.43. The smallest absolute Gasteiger partial charge is 0.164 e. The Balaban J connectivity index is 0.933. The molecule has 5 aliphatic carbocycles. The van der Waals surface area contributed by atoms with Gasteiger partial charge in [0, 0.05) is 22.1 Å². The van der Waals surface area contributed by atoms with Crippen molar-refractivity contribution in [3.63, 3.8) is 0 Å². The summed E-state index contributed by atoms with van der Waals surface area (Å²) in [6.45, 7) is 0. The van der Waals surface area contributed by atoms with Crippen molar-refractivity contribution >= 4 is 10.8 Å². The first-order chi connectivity index (χ1) is 30.7. The van der Waals surface area contributed by atoms with E-state index < -0.39 is 0 Å². The molecule has 9 aromatic rings. The van der Waals surface area contributed by atoms with Crippen molar-refractivity contribution in [1.29, 1.82) is 0 Å². The van der Waals surface area contributed by atoms with Crippen LogP contribution in [0.1, 0.15) is 43.2 Å². The molecule has 1 spiro atoms. The van der Waals surface area contributed by atoms with Gasteiger partial charge in [0.25, 0.3) is 0 Å². The highest BCUT2D eigenvalue weighted by molar-refractivity contribution is 5.99. The Hall–Kier alpha value is -6.97. The molecule has 0 amide bonds. The summed E-state index contributed by atoms with van der Waals surface area (Å²) >= 11 is 0. The van der Waals surface area contributed by atoms with Crippen LogP contribution < -0.4 is 0 Å². The van der Waals surface area contributed by atoms with E-state index >= 15 is 0 Å². The molecule has 4 bridgehead atoms. The number of nitrogens with zero attached hydrogens (tertiary/aromatic N) is 3. The van der Waals surface area contributed by atoms with Crippen LogP contribution in [-0.2, 0) is 5.41 Å². The highest BCUT2D eigenvalue weighted by Gasteiger charge is 2.62. The summed E-state index contributed by atoms with van der Waals surface area (Å²) in [5, 5.41) is 2.84. The highest BCUT2D eigenvalue weighted by atomic mass is 15.0. The van der Waals surface area contributed by atoms with Crippen molar-refractivity contribution in [3.8, 4) is 78.7 Å². The molecule has 0 N–H and O–H groups in total. The van der Waals surface area contributed by atoms with E-state index in [1.807, 2.05) is 18.2 Å². The number of hydrogen-bond acceptors (Lipinski definition) is 3. The fourth-order valence-electron chi connectivity index (χ4n) is 12.8. The number of benzene rings is 8. The lowest BCUT2D eigenvalue weighted by molar-refractivity contribution is -0.0393. The van der Waals surface area contributed by atoms with Crippen LogP contribution in [0.15, 0.2) is 188 Å². The standard InChI is InChI=1S/C59H45N3/c1-3-13-39(14-4-1)42-18-12-21-46(35-42)57-60-56(41-16-5-2-6-17-41)61-58(62-57)53-24-10-9-22-49(53)45-20-11-19-43(34-45)44-26-27-51-52-28-25-40-15-7-8-23-50(40)55(52)59(54(51)36-44)47-30-37-29-38(32-47)33-48(59)31-37/h1-28,34-38,47-48H,29-33H2. The van der Waals surface area contributed by atoms with Gasteiger partial charge in [0.1, 0.15) is 0 Å². The maximum atomic E-state index is 5.24. The van der Waals surface area contributed by atoms with Gasteiger partial charge in [0.15, 0.2) is 17.5 Å². The van der Waals surface area contributed by atoms with E-state index in [-0.39, 0.29) is 5.41 Å². The van der Waals surface area contributed by atoms with Crippen molar-refractivity contribution in [2.75, 3.05) is 0 Å². The Labute approximate surface area is 363 Å². The quantitative estimate of drug-likeness (QED) is 0.168. The molecular formula is C59H45N3. The van der Waals surface area contributed by atoms with Crippen LogP contribution in [0.5, 0.6) is 0 Å². The SMILES string of the molecule is c1ccc(-c2cccc(-c3nc(-c4ccccc4)nc(-c4ccccc4-c4cccc(-c5ccc6c(c5)C5(c7c-6ccc6ccccc76)C6CC7CC(C6)CC5C7)c4)n3)c2)cc1. The Kier molecular flexibility index (Phi) is 8.10. The van der Waals surface area contributed by atoms with Crippen molar-refractivity contribution in [3.05, 3.63) is 199 Å². The second-order valence-electron chi connectivity index (χ2n) is 18.4. The number of aromatic nitrogens is 3. The Morgan fingerprint density at radius 3 is 1.63 bits per heavy atom. The third-order valence-corrected chi connectivity index (χ3v) is 15.1. The first-order valence-electron chi connectivity index (χ1n) is 22.5. The molecule has 296 valence electrons. The van der Waals surface area contributed by atoms with Gasteiger partial charge in [0.05, 0.1) is 0 Å². The number of rotatable bonds is 6. The third-order valence-electron chi connectivity index (χ3n) is 15.1. The van der Waals surface area contributed by atoms with Crippen LogP contribution in [0, 0.1) is 23.7 Å². The minimum Gasteiger partial charge on any atom is -0.208 e. The molecular weight excluding hydrogens is 751 g/mol. The van der Waals surface area contributed by atoms with Crippen molar-refractivity contribution < 1.29 is 0 Å². The molecule has 0 saturated heterocycles. The minimum absolute atomic E-state index is 0.0760. The minimum atomic E-state index is 0.0760.